The van der Waals surface area contributed by atoms with Crippen molar-refractivity contribution in [2.24, 2.45) is 0 Å². The standard InChI is InChI=1S/C24H34N2O4S/c1-19-12-14-20(15-13-19)26(31(5,28)29)17-8-11-23(27)25-16-18-30-22-10-7-6-9-21(22)24(2,3)4/h6-7,9-10,12-15H,8,11,16-18H2,1-5H3,(H,25,27). The summed E-state index contributed by atoms with van der Waals surface area (Å²) in [7, 11) is -3.41. The Bertz CT molecular complexity index is 964. The zero-order valence-electron chi connectivity index (χ0n) is 19.1. The molecule has 0 unspecified atom stereocenters. The highest BCUT2D eigenvalue weighted by molar-refractivity contribution is 7.92. The van der Waals surface area contributed by atoms with E-state index in [0.717, 1.165) is 16.9 Å². The molecular formula is C24H34N2O4S. The van der Waals surface area contributed by atoms with Crippen LogP contribution in [0.1, 0.15) is 44.7 Å². The minimum atomic E-state index is -3.41. The van der Waals surface area contributed by atoms with Crippen LogP contribution in [-0.4, -0.2) is 40.3 Å². The smallest absolute Gasteiger partial charge is 0.232 e. The zero-order chi connectivity index (χ0) is 23.1. The number of carbonyl (C=O) groups excluding carboxylic acids is 1. The van der Waals surface area contributed by atoms with Crippen LogP contribution in [0.4, 0.5) is 5.69 Å². The molecule has 0 spiro atoms. The molecule has 1 amide bonds. The van der Waals surface area contributed by atoms with Crippen LogP contribution in [0, 0.1) is 6.92 Å². The fourth-order valence-corrected chi connectivity index (χ4v) is 4.20. The lowest BCUT2D eigenvalue weighted by Gasteiger charge is -2.23. The number of amides is 1. The second kappa shape index (κ2) is 10.7. The van der Waals surface area contributed by atoms with Gasteiger partial charge in [-0.3, -0.25) is 9.10 Å². The summed E-state index contributed by atoms with van der Waals surface area (Å²) in [4.78, 5) is 12.2. The fraction of sp³-hybridized carbons (Fsp3) is 0.458. The lowest BCUT2D eigenvalue weighted by molar-refractivity contribution is -0.121. The molecule has 0 atom stereocenters. The number of nitrogens with zero attached hydrogens (tertiary/aromatic N) is 1. The number of hydrogen-bond donors (Lipinski definition) is 1. The maximum absolute atomic E-state index is 12.2. The van der Waals surface area contributed by atoms with Crippen molar-refractivity contribution in [3.63, 3.8) is 0 Å². The summed E-state index contributed by atoms with van der Waals surface area (Å²) in [6.07, 6.45) is 1.86. The third-order valence-corrected chi connectivity index (χ3v) is 6.06. The van der Waals surface area contributed by atoms with Crippen molar-refractivity contribution in [2.45, 2.75) is 46.0 Å². The highest BCUT2D eigenvalue weighted by Gasteiger charge is 2.19. The van der Waals surface area contributed by atoms with Gasteiger partial charge in [-0.15, -0.1) is 0 Å². The van der Waals surface area contributed by atoms with Gasteiger partial charge in [0.1, 0.15) is 12.4 Å². The highest BCUT2D eigenvalue weighted by Crippen LogP contribution is 2.30. The van der Waals surface area contributed by atoms with Gasteiger partial charge in [-0.25, -0.2) is 8.42 Å². The molecule has 0 aliphatic carbocycles. The molecular weight excluding hydrogens is 412 g/mol. The summed E-state index contributed by atoms with van der Waals surface area (Å²) in [5.74, 6) is 0.705. The number of aryl methyl sites for hydroxylation is 1. The average Bonchev–Trinajstić information content (AvgIpc) is 2.68. The lowest BCUT2D eigenvalue weighted by atomic mass is 9.86. The molecule has 31 heavy (non-hydrogen) atoms. The van der Waals surface area contributed by atoms with Crippen molar-refractivity contribution >= 4 is 21.6 Å². The number of sulfonamides is 1. The van der Waals surface area contributed by atoms with Gasteiger partial charge < -0.3 is 10.1 Å². The Labute approximate surface area is 186 Å². The van der Waals surface area contributed by atoms with E-state index < -0.39 is 10.0 Å². The summed E-state index contributed by atoms with van der Waals surface area (Å²) < 4.78 is 31.5. The van der Waals surface area contributed by atoms with Gasteiger partial charge in [0.25, 0.3) is 0 Å². The van der Waals surface area contributed by atoms with Gasteiger partial charge in [0.2, 0.25) is 15.9 Å². The van der Waals surface area contributed by atoms with Crippen LogP contribution in [-0.2, 0) is 20.2 Å². The van der Waals surface area contributed by atoms with E-state index in [-0.39, 0.29) is 24.3 Å². The molecule has 0 aliphatic rings. The molecule has 0 fully saturated rings. The number of benzene rings is 2. The van der Waals surface area contributed by atoms with Crippen molar-refractivity contribution in [1.82, 2.24) is 5.32 Å². The Kier molecular flexibility index (Phi) is 8.51. The quantitative estimate of drug-likeness (QED) is 0.559. The Morgan fingerprint density at radius 3 is 2.32 bits per heavy atom. The van der Waals surface area contributed by atoms with Crippen LogP contribution >= 0.6 is 0 Å². The first-order valence-corrected chi connectivity index (χ1v) is 12.4. The lowest BCUT2D eigenvalue weighted by Crippen LogP contribution is -2.33. The second-order valence-electron chi connectivity index (χ2n) is 8.72. The maximum Gasteiger partial charge on any atom is 0.232 e. The van der Waals surface area contributed by atoms with Gasteiger partial charge in [0.15, 0.2) is 0 Å². The molecule has 170 valence electrons. The average molecular weight is 447 g/mol. The van der Waals surface area contributed by atoms with Crippen LogP contribution in [0.5, 0.6) is 5.75 Å². The van der Waals surface area contributed by atoms with Crippen molar-refractivity contribution < 1.29 is 17.9 Å². The Hall–Kier alpha value is -2.54. The van der Waals surface area contributed by atoms with E-state index in [9.17, 15) is 13.2 Å². The third-order valence-electron chi connectivity index (χ3n) is 4.86. The SMILES string of the molecule is Cc1ccc(N(CCCC(=O)NCCOc2ccccc2C(C)(C)C)S(C)(=O)=O)cc1. The first-order valence-electron chi connectivity index (χ1n) is 10.5. The second-order valence-corrected chi connectivity index (χ2v) is 10.6. The Balaban J connectivity index is 1.79. The molecule has 0 saturated carbocycles. The molecule has 0 aromatic heterocycles. The highest BCUT2D eigenvalue weighted by atomic mass is 32.2. The summed E-state index contributed by atoms with van der Waals surface area (Å²) in [5, 5.41) is 2.84. The molecule has 6 nitrogen and oxygen atoms in total. The minimum absolute atomic E-state index is 0.0250. The summed E-state index contributed by atoms with van der Waals surface area (Å²) >= 11 is 0. The Morgan fingerprint density at radius 2 is 1.71 bits per heavy atom. The van der Waals surface area contributed by atoms with Crippen molar-refractivity contribution in [2.75, 3.05) is 30.3 Å². The van der Waals surface area contributed by atoms with E-state index >= 15 is 0 Å². The van der Waals surface area contributed by atoms with E-state index in [4.69, 9.17) is 4.74 Å². The fourth-order valence-electron chi connectivity index (χ4n) is 3.23. The molecule has 0 bridgehead atoms. The van der Waals surface area contributed by atoms with Crippen LogP contribution in [0.2, 0.25) is 0 Å². The number of hydrogen-bond acceptors (Lipinski definition) is 4. The number of ether oxygens (including phenoxy) is 1. The van der Waals surface area contributed by atoms with Gasteiger partial charge in [0.05, 0.1) is 18.5 Å². The molecule has 1 N–H and O–H groups in total. The van der Waals surface area contributed by atoms with Gasteiger partial charge in [0, 0.05) is 13.0 Å². The molecule has 0 aliphatic heterocycles. The molecule has 2 aromatic rings. The molecule has 0 heterocycles. The first-order chi connectivity index (χ1) is 14.5. The summed E-state index contributed by atoms with van der Waals surface area (Å²) in [6, 6.07) is 15.2. The number of rotatable bonds is 10. The van der Waals surface area contributed by atoms with Crippen molar-refractivity contribution in [3.8, 4) is 5.75 Å². The van der Waals surface area contributed by atoms with E-state index in [1.807, 2.05) is 37.3 Å². The molecule has 0 radical (unpaired) electrons. The first kappa shape index (κ1) is 24.7. The monoisotopic (exact) mass is 446 g/mol. The number of anilines is 1. The zero-order valence-corrected chi connectivity index (χ0v) is 20.0. The Morgan fingerprint density at radius 1 is 1.06 bits per heavy atom. The van der Waals surface area contributed by atoms with Crippen LogP contribution in [0.3, 0.4) is 0 Å². The minimum Gasteiger partial charge on any atom is -0.491 e. The van der Waals surface area contributed by atoms with Crippen LogP contribution in [0.25, 0.3) is 0 Å². The van der Waals surface area contributed by atoms with Gasteiger partial charge >= 0.3 is 0 Å². The summed E-state index contributed by atoms with van der Waals surface area (Å²) in [5.41, 5.74) is 2.77. The predicted molar refractivity (Wildman–Crippen MR) is 126 cm³/mol. The van der Waals surface area contributed by atoms with Crippen molar-refractivity contribution in [3.05, 3.63) is 59.7 Å². The molecule has 7 heteroatoms. The van der Waals surface area contributed by atoms with Crippen LogP contribution in [0.15, 0.2) is 48.5 Å². The normalized spacial score (nSPS) is 11.8. The maximum atomic E-state index is 12.2. The van der Waals surface area contributed by atoms with E-state index in [2.05, 4.69) is 32.2 Å². The van der Waals surface area contributed by atoms with Crippen LogP contribution < -0.4 is 14.4 Å². The molecule has 2 aromatic carbocycles. The van der Waals surface area contributed by atoms with Gasteiger partial charge in [-0.1, -0.05) is 56.7 Å². The van der Waals surface area contributed by atoms with Gasteiger partial charge in [-0.2, -0.15) is 0 Å². The number of nitrogens with one attached hydrogen (secondary N) is 1. The molecule has 0 saturated heterocycles. The van der Waals surface area contributed by atoms with Gasteiger partial charge in [-0.05, 0) is 42.5 Å². The van der Waals surface area contributed by atoms with E-state index in [1.165, 1.54) is 10.6 Å². The van der Waals surface area contributed by atoms with Crippen molar-refractivity contribution in [1.29, 1.82) is 0 Å². The largest absolute Gasteiger partial charge is 0.491 e. The predicted octanol–water partition coefficient (Wildman–Crippen LogP) is 4.03. The van der Waals surface area contributed by atoms with E-state index in [0.29, 0.717) is 25.3 Å². The topological polar surface area (TPSA) is 75.7 Å². The summed E-state index contributed by atoms with van der Waals surface area (Å²) in [6.45, 7) is 9.37. The van der Waals surface area contributed by atoms with E-state index in [1.54, 1.807) is 12.1 Å². The molecule has 2 rings (SSSR count). The number of para-hydroxylation sites is 1. The third kappa shape index (κ3) is 7.90. The number of carbonyl (C=O) groups is 1.